The number of aryl methyl sites for hydroxylation is 1. The quantitative estimate of drug-likeness (QED) is 0.0149. The van der Waals surface area contributed by atoms with E-state index < -0.39 is 50.9 Å². The summed E-state index contributed by atoms with van der Waals surface area (Å²) in [6, 6.07) is 2.16. The van der Waals surface area contributed by atoms with Crippen LogP contribution in [0.5, 0.6) is 5.75 Å². The Morgan fingerprint density at radius 1 is 0.926 bits per heavy atom. The molecule has 0 fully saturated rings. The summed E-state index contributed by atoms with van der Waals surface area (Å²) in [7, 11) is -2.54. The van der Waals surface area contributed by atoms with Gasteiger partial charge in [-0.2, -0.15) is 0 Å². The monoisotopic (exact) mass is 1140 g/mol. The Morgan fingerprint density at radius 2 is 1.65 bits per heavy atom. The molecule has 0 saturated heterocycles. The van der Waals surface area contributed by atoms with E-state index in [4.69, 9.17) is 19.2 Å². The number of carbonyl (C=O) groups excluding carboxylic acids is 6. The second kappa shape index (κ2) is 31.6. The van der Waals surface area contributed by atoms with E-state index >= 15 is 0 Å². The van der Waals surface area contributed by atoms with Crippen LogP contribution >= 0.6 is 0 Å². The molecule has 442 valence electrons. The highest BCUT2D eigenvalue weighted by atomic mass is 32.2. The van der Waals surface area contributed by atoms with Crippen LogP contribution < -0.4 is 26.0 Å². The number of carbonyl (C=O) groups is 6. The SMILES string of the molecule is C=S(C)(=O)c1ncc(C#CCCCC(=O)NC(C(=O)N[C@@H](CCCCN(CCC)CCC)C(=O)NCC(=O)NCOCCCc2c3c(nc4cc5c(cc24)OCC5)/C(C)=C/C2=C(COC(=O)[C@]2(O)CC)C(=O)CC3)C(C)C)cn1.CC. The third kappa shape index (κ3) is 18.2. The van der Waals surface area contributed by atoms with Gasteiger partial charge in [0.25, 0.3) is 0 Å². The van der Waals surface area contributed by atoms with Gasteiger partial charge in [0.2, 0.25) is 28.8 Å². The molecule has 2 aromatic heterocycles. The molecule has 3 aliphatic rings. The van der Waals surface area contributed by atoms with E-state index in [-0.39, 0.29) is 79.7 Å². The number of Topliss-reactive ketones (excluding diaryl/α,β-unsaturated/α-hetero) is 1. The number of hydrogen-bond acceptors (Lipinski definition) is 15. The fourth-order valence-corrected chi connectivity index (χ4v) is 10.6. The zero-order valence-corrected chi connectivity index (χ0v) is 49.9. The number of aliphatic hydroxyl groups is 1. The Labute approximate surface area is 479 Å². The highest BCUT2D eigenvalue weighted by molar-refractivity contribution is 7.99. The van der Waals surface area contributed by atoms with E-state index in [2.05, 4.69) is 67.7 Å². The van der Waals surface area contributed by atoms with Crippen molar-refractivity contribution in [1.29, 1.82) is 0 Å². The van der Waals surface area contributed by atoms with Gasteiger partial charge in [0.1, 0.15) is 31.2 Å². The van der Waals surface area contributed by atoms with Gasteiger partial charge in [-0.25, -0.2) is 19.7 Å². The summed E-state index contributed by atoms with van der Waals surface area (Å²) >= 11 is 0. The molecular weight excluding hydrogens is 1050 g/mol. The minimum atomic E-state index is -2.54. The van der Waals surface area contributed by atoms with Crippen molar-refractivity contribution < 1.29 is 52.3 Å². The van der Waals surface area contributed by atoms with Gasteiger partial charge in [0.15, 0.2) is 11.4 Å². The summed E-state index contributed by atoms with van der Waals surface area (Å²) in [5.74, 6) is 7.14. The maximum atomic E-state index is 13.8. The summed E-state index contributed by atoms with van der Waals surface area (Å²) in [6.45, 7) is 18.4. The molecule has 4 amide bonds. The van der Waals surface area contributed by atoms with Gasteiger partial charge in [-0.05, 0) is 143 Å². The summed E-state index contributed by atoms with van der Waals surface area (Å²) < 4.78 is 29.3. The van der Waals surface area contributed by atoms with Gasteiger partial charge < -0.3 is 45.5 Å². The third-order valence-corrected chi connectivity index (χ3v) is 15.3. The minimum absolute atomic E-state index is 0.0351. The Hall–Kier alpha value is -6.53. The predicted molar refractivity (Wildman–Crippen MR) is 315 cm³/mol. The fraction of sp³-hybridized carbons (Fsp3) is 0.574. The zero-order valence-electron chi connectivity index (χ0n) is 49.1. The molecule has 5 N–H and O–H groups in total. The highest BCUT2D eigenvalue weighted by Crippen LogP contribution is 2.39. The maximum absolute atomic E-state index is 13.8. The van der Waals surface area contributed by atoms with Crippen LogP contribution in [0.25, 0.3) is 16.5 Å². The number of allylic oxidation sites excluding steroid dienone is 1. The van der Waals surface area contributed by atoms with Crippen molar-refractivity contribution in [2.45, 2.75) is 168 Å². The number of fused-ring (bicyclic) bond motifs is 3. The first kappa shape index (κ1) is 65.3. The van der Waals surface area contributed by atoms with E-state index in [1.165, 1.54) is 18.6 Å². The Morgan fingerprint density at radius 3 is 2.33 bits per heavy atom. The number of cyclic esters (lactones) is 1. The molecule has 0 bridgehead atoms. The number of nitrogens with zero attached hydrogens (tertiary/aromatic N) is 4. The lowest BCUT2D eigenvalue weighted by Gasteiger charge is -2.32. The van der Waals surface area contributed by atoms with Gasteiger partial charge in [-0.15, -0.1) is 0 Å². The standard InChI is InChI=1S/C59H80N8O11S.C2H6/c1-9-25-67(26-10-2)27-16-15-20-47(65-56(72)53(38(4)5)66-51(69)21-14-12-13-18-40-33-61-58(62-34-40)79(7,8)75)55(71)60-35-52(70)63-37-76-28-17-19-42-43-22-23-49(68)45-36-78-57(73)59(74,11-3)46(45)30-39(6)54(43)64-48-31-41-24-29-77-50(41)32-44(42)48;1-2/h30-34,38,47,53,74H,7,9-12,14-17,19-29,35-37H2,1-6,8H3,(H,60,71)(H,63,70)(H,65,72)(H,66,69);1-2H3/b39-30+;/t47-,53?,59-,79?;/m0./s1. The van der Waals surface area contributed by atoms with Crippen LogP contribution in [-0.4, -0.2) is 147 Å². The van der Waals surface area contributed by atoms with Crippen molar-refractivity contribution in [2.24, 2.45) is 5.92 Å². The van der Waals surface area contributed by atoms with Crippen LogP contribution in [0, 0.1) is 17.8 Å². The van der Waals surface area contributed by atoms with Crippen molar-refractivity contribution in [1.82, 2.24) is 41.1 Å². The number of hydrogen-bond donors (Lipinski definition) is 5. The number of benzene rings is 1. The van der Waals surface area contributed by atoms with Crippen LogP contribution in [-0.2, 0) is 67.0 Å². The number of ketones is 1. The topological polar surface area (TPSA) is 257 Å². The van der Waals surface area contributed by atoms with E-state index in [1.54, 1.807) is 13.0 Å². The molecule has 20 heteroatoms. The third-order valence-electron chi connectivity index (χ3n) is 14.3. The number of amides is 4. The minimum Gasteiger partial charge on any atom is -0.493 e. The molecule has 3 aromatic rings. The van der Waals surface area contributed by atoms with E-state index in [1.807, 2.05) is 46.8 Å². The summed E-state index contributed by atoms with van der Waals surface area (Å²) in [5, 5.41) is 23.7. The molecule has 1 aromatic carbocycles. The van der Waals surface area contributed by atoms with Gasteiger partial charge in [0.05, 0.1) is 29.9 Å². The van der Waals surface area contributed by atoms with Gasteiger partial charge in [-0.3, -0.25) is 28.2 Å². The number of aromatic nitrogens is 3. The molecular formula is C61H86N8O11S. The number of pyridine rings is 1. The second-order valence-electron chi connectivity index (χ2n) is 21.0. The largest absolute Gasteiger partial charge is 0.493 e. The van der Waals surface area contributed by atoms with Crippen LogP contribution in [0.15, 0.2) is 46.9 Å². The molecule has 81 heavy (non-hydrogen) atoms. The number of esters is 1. The summed E-state index contributed by atoms with van der Waals surface area (Å²) in [4.78, 5) is 96.2. The Bertz CT molecular complexity index is 2960. The lowest BCUT2D eigenvalue weighted by atomic mass is 9.83. The fourth-order valence-electron chi connectivity index (χ4n) is 10.0. The van der Waals surface area contributed by atoms with Crippen LogP contribution in [0.1, 0.15) is 154 Å². The predicted octanol–water partition coefficient (Wildman–Crippen LogP) is 5.88. The highest BCUT2D eigenvalue weighted by Gasteiger charge is 2.45. The van der Waals surface area contributed by atoms with Crippen LogP contribution in [0.2, 0.25) is 0 Å². The number of ether oxygens (including phenoxy) is 3. The second-order valence-corrected chi connectivity index (χ2v) is 23.4. The normalized spacial score (nSPS) is 17.8. The van der Waals surface area contributed by atoms with E-state index in [0.717, 1.165) is 78.7 Å². The van der Waals surface area contributed by atoms with Gasteiger partial charge in [-0.1, -0.05) is 60.3 Å². The molecule has 0 radical (unpaired) electrons. The molecule has 2 aliphatic heterocycles. The van der Waals surface area contributed by atoms with Crippen LogP contribution in [0.3, 0.4) is 0 Å². The molecule has 19 nitrogen and oxygen atoms in total. The smallest absolute Gasteiger partial charge is 0.343 e. The number of nitrogens with one attached hydrogen (secondary N) is 4. The zero-order chi connectivity index (χ0) is 59.3. The summed E-state index contributed by atoms with van der Waals surface area (Å²) in [5.41, 5.74) is 4.19. The maximum Gasteiger partial charge on any atom is 0.343 e. The number of rotatable bonds is 27. The van der Waals surface area contributed by atoms with Gasteiger partial charge in [0, 0.05) is 77.0 Å². The van der Waals surface area contributed by atoms with Gasteiger partial charge >= 0.3 is 5.97 Å². The molecule has 4 atom stereocenters. The molecule has 1 aliphatic carbocycles. The molecule has 6 rings (SSSR count). The van der Waals surface area contributed by atoms with E-state index in [0.29, 0.717) is 68.4 Å². The average Bonchev–Trinajstić information content (AvgIpc) is 3.97. The lowest BCUT2D eigenvalue weighted by Crippen LogP contribution is -2.56. The first-order valence-electron chi connectivity index (χ1n) is 28.8. The van der Waals surface area contributed by atoms with Crippen molar-refractivity contribution in [3.8, 4) is 17.6 Å². The number of unbranched alkanes of at least 4 members (excludes halogenated alkanes) is 2. The van der Waals surface area contributed by atoms with Crippen molar-refractivity contribution in [3.05, 3.63) is 69.7 Å². The van der Waals surface area contributed by atoms with Crippen LogP contribution in [0.4, 0.5) is 0 Å². The first-order valence-corrected chi connectivity index (χ1v) is 30.9. The average molecular weight is 1140 g/mol. The summed E-state index contributed by atoms with van der Waals surface area (Å²) in [6.07, 6.45) is 13.2. The Kier molecular flexibility index (Phi) is 25.5. The Balaban J connectivity index is 0.00000595. The molecule has 2 unspecified atom stereocenters. The molecule has 4 heterocycles. The molecule has 0 spiro atoms. The van der Waals surface area contributed by atoms with Crippen molar-refractivity contribution >= 4 is 67.2 Å². The van der Waals surface area contributed by atoms with Crippen molar-refractivity contribution in [2.75, 3.05) is 59.0 Å². The van der Waals surface area contributed by atoms with Crippen molar-refractivity contribution in [3.63, 3.8) is 0 Å². The first-order chi connectivity index (χ1) is 38.8. The molecule has 0 saturated carbocycles. The van der Waals surface area contributed by atoms with E-state index in [9.17, 15) is 38.1 Å². The lowest BCUT2D eigenvalue weighted by molar-refractivity contribution is -0.163.